The lowest BCUT2D eigenvalue weighted by molar-refractivity contribution is -0.384. The number of hydrogen-bond donors (Lipinski definition) is 0. The molecular weight excluding hydrogens is 392 g/mol. The number of hydrogen-bond acceptors (Lipinski definition) is 6. The van der Waals surface area contributed by atoms with E-state index in [-0.39, 0.29) is 35.1 Å². The molecule has 0 unspecified atom stereocenters. The molecule has 3 aliphatic heterocycles. The zero-order valence-electron chi connectivity index (χ0n) is 16.8. The number of carbonyl (C=O) groups is 2. The summed E-state index contributed by atoms with van der Waals surface area (Å²) in [6, 6.07) is 4.47. The van der Waals surface area contributed by atoms with Crippen LogP contribution in [0, 0.1) is 21.4 Å². The molecule has 4 rings (SSSR count). The lowest BCUT2D eigenvalue weighted by Gasteiger charge is -2.56. The van der Waals surface area contributed by atoms with Crippen LogP contribution in [0.1, 0.15) is 32.3 Å². The van der Waals surface area contributed by atoms with Crippen LogP contribution in [-0.2, 0) is 16.0 Å². The van der Waals surface area contributed by atoms with Crippen molar-refractivity contribution in [3.8, 4) is 0 Å². The van der Waals surface area contributed by atoms with Gasteiger partial charge in [-0.3, -0.25) is 29.5 Å². The van der Waals surface area contributed by atoms with Crippen molar-refractivity contribution in [1.29, 1.82) is 0 Å². The summed E-state index contributed by atoms with van der Waals surface area (Å²) in [5, 5.41) is 11.5. The van der Waals surface area contributed by atoms with Crippen molar-refractivity contribution >= 4 is 40.5 Å². The van der Waals surface area contributed by atoms with Crippen molar-refractivity contribution in [3.05, 3.63) is 33.9 Å². The van der Waals surface area contributed by atoms with Crippen molar-refractivity contribution in [2.24, 2.45) is 11.3 Å². The fourth-order valence-corrected chi connectivity index (χ4v) is 5.42. The summed E-state index contributed by atoms with van der Waals surface area (Å²) < 4.78 is 0. The van der Waals surface area contributed by atoms with E-state index in [1.807, 2.05) is 6.92 Å². The van der Waals surface area contributed by atoms with E-state index in [1.54, 1.807) is 13.1 Å². The Morgan fingerprint density at radius 1 is 1.31 bits per heavy atom. The Morgan fingerprint density at radius 2 is 2.03 bits per heavy atom. The van der Waals surface area contributed by atoms with E-state index < -0.39 is 10.3 Å². The average molecular weight is 417 g/mol. The summed E-state index contributed by atoms with van der Waals surface area (Å²) in [5.74, 6) is -0.213. The lowest BCUT2D eigenvalue weighted by atomic mass is 9.64. The average Bonchev–Trinajstić information content (AvgIpc) is 2.70. The van der Waals surface area contributed by atoms with Crippen LogP contribution >= 0.6 is 12.2 Å². The van der Waals surface area contributed by atoms with Gasteiger partial charge in [-0.05, 0) is 49.5 Å². The maximum Gasteiger partial charge on any atom is 0.269 e. The van der Waals surface area contributed by atoms with Gasteiger partial charge in [0.2, 0.25) is 11.8 Å². The number of fused-ring (bicyclic) bond motifs is 4. The SMILES string of the molecule is CCN1C(=O)[C@]2(Cc3cc([N+](=O)[O-])ccc3N3CC[C@H](C)C[C@H]32)C(=O)N(C)C1=S. The number of carbonyl (C=O) groups excluding carboxylic acids is 2. The van der Waals surface area contributed by atoms with Crippen molar-refractivity contribution < 1.29 is 14.5 Å². The molecule has 8 nitrogen and oxygen atoms in total. The minimum Gasteiger partial charge on any atom is -0.367 e. The Morgan fingerprint density at radius 3 is 2.69 bits per heavy atom. The Bertz CT molecular complexity index is 935. The molecule has 0 N–H and O–H groups in total. The molecule has 3 heterocycles. The number of nitro groups is 1. The van der Waals surface area contributed by atoms with E-state index in [0.29, 0.717) is 31.0 Å². The number of piperidine rings is 1. The highest BCUT2D eigenvalue weighted by Gasteiger charge is 2.63. The first kappa shape index (κ1) is 19.8. The number of non-ortho nitro benzene ring substituents is 1. The molecule has 3 aliphatic rings. The fraction of sp³-hybridized carbons (Fsp3) is 0.550. The standard InChI is InChI=1S/C20H24N4O4S/c1-4-22-18(26)20(17(25)21(3)19(22)29)11-13-10-14(24(27)28)5-6-15(13)23-8-7-12(2)9-16(20)23/h5-6,10,12,16H,4,7-9,11H2,1-3H3/t12-,16-,20-/m0/s1. The second-order valence-electron chi connectivity index (χ2n) is 8.25. The molecule has 0 aliphatic carbocycles. The number of amides is 2. The zero-order valence-corrected chi connectivity index (χ0v) is 17.6. The van der Waals surface area contributed by atoms with E-state index in [4.69, 9.17) is 12.2 Å². The maximum atomic E-state index is 13.7. The van der Waals surface area contributed by atoms with E-state index in [1.165, 1.54) is 21.9 Å². The molecular formula is C20H24N4O4S. The Balaban J connectivity index is 1.93. The molecule has 9 heteroatoms. The molecule has 1 aromatic rings. The van der Waals surface area contributed by atoms with Gasteiger partial charge in [0.1, 0.15) is 0 Å². The van der Waals surface area contributed by atoms with Gasteiger partial charge in [0.05, 0.1) is 11.0 Å². The van der Waals surface area contributed by atoms with Crippen LogP contribution in [0.15, 0.2) is 18.2 Å². The van der Waals surface area contributed by atoms with Gasteiger partial charge in [-0.2, -0.15) is 0 Å². The highest BCUT2D eigenvalue weighted by molar-refractivity contribution is 7.80. The number of nitro benzene ring substituents is 1. The molecule has 154 valence electrons. The van der Waals surface area contributed by atoms with Crippen molar-refractivity contribution in [2.75, 3.05) is 25.0 Å². The first-order chi connectivity index (χ1) is 13.7. The zero-order chi connectivity index (χ0) is 21.1. The minimum atomic E-state index is -1.32. The molecule has 1 aromatic carbocycles. The Hall–Kier alpha value is -2.55. The van der Waals surface area contributed by atoms with Crippen LogP contribution in [0.25, 0.3) is 0 Å². The van der Waals surface area contributed by atoms with Gasteiger partial charge in [-0.15, -0.1) is 0 Å². The van der Waals surface area contributed by atoms with Crippen LogP contribution in [0.5, 0.6) is 0 Å². The van der Waals surface area contributed by atoms with Crippen LogP contribution in [0.2, 0.25) is 0 Å². The maximum absolute atomic E-state index is 13.7. The summed E-state index contributed by atoms with van der Waals surface area (Å²) in [7, 11) is 1.61. The van der Waals surface area contributed by atoms with Crippen molar-refractivity contribution in [2.45, 2.75) is 39.2 Å². The van der Waals surface area contributed by atoms with Gasteiger partial charge in [-0.25, -0.2) is 0 Å². The third kappa shape index (κ3) is 2.67. The summed E-state index contributed by atoms with van der Waals surface area (Å²) in [6.45, 7) is 5.06. The number of anilines is 1. The topological polar surface area (TPSA) is 87.0 Å². The monoisotopic (exact) mass is 416 g/mol. The first-order valence-corrected chi connectivity index (χ1v) is 10.3. The molecule has 2 saturated heterocycles. The van der Waals surface area contributed by atoms with Gasteiger partial charge in [-0.1, -0.05) is 6.92 Å². The second kappa shape index (κ2) is 6.76. The molecule has 29 heavy (non-hydrogen) atoms. The van der Waals surface area contributed by atoms with Gasteiger partial charge < -0.3 is 4.90 Å². The number of rotatable bonds is 2. The molecule has 3 atom stereocenters. The van der Waals surface area contributed by atoms with E-state index in [2.05, 4.69) is 11.8 Å². The largest absolute Gasteiger partial charge is 0.367 e. The third-order valence-corrected chi connectivity index (χ3v) is 7.13. The summed E-state index contributed by atoms with van der Waals surface area (Å²) in [4.78, 5) is 43.2. The molecule has 2 amide bonds. The smallest absolute Gasteiger partial charge is 0.269 e. The summed E-state index contributed by atoms with van der Waals surface area (Å²) in [6.07, 6.45) is 1.81. The third-order valence-electron chi connectivity index (χ3n) is 6.63. The number of nitrogens with zero attached hydrogens (tertiary/aromatic N) is 4. The van der Waals surface area contributed by atoms with E-state index >= 15 is 0 Å². The first-order valence-electron chi connectivity index (χ1n) is 9.90. The Labute approximate surface area is 174 Å². The lowest BCUT2D eigenvalue weighted by Crippen LogP contribution is -2.72. The summed E-state index contributed by atoms with van der Waals surface area (Å²) >= 11 is 5.37. The molecule has 0 bridgehead atoms. The predicted octanol–water partition coefficient (Wildman–Crippen LogP) is 2.35. The minimum absolute atomic E-state index is 0.0327. The van der Waals surface area contributed by atoms with Gasteiger partial charge >= 0.3 is 0 Å². The predicted molar refractivity (Wildman–Crippen MR) is 112 cm³/mol. The van der Waals surface area contributed by atoms with Crippen LogP contribution in [0.3, 0.4) is 0 Å². The fourth-order valence-electron chi connectivity index (χ4n) is 5.12. The molecule has 0 saturated carbocycles. The number of thiocarbonyl (C=S) groups is 1. The number of benzene rings is 1. The van der Waals surface area contributed by atoms with Crippen LogP contribution < -0.4 is 4.90 Å². The van der Waals surface area contributed by atoms with E-state index in [9.17, 15) is 19.7 Å². The van der Waals surface area contributed by atoms with Gasteiger partial charge in [0.25, 0.3) is 5.69 Å². The molecule has 0 radical (unpaired) electrons. The highest BCUT2D eigenvalue weighted by Crippen LogP contribution is 2.50. The highest BCUT2D eigenvalue weighted by atomic mass is 32.1. The second-order valence-corrected chi connectivity index (χ2v) is 8.62. The van der Waals surface area contributed by atoms with Crippen molar-refractivity contribution in [3.63, 3.8) is 0 Å². The van der Waals surface area contributed by atoms with Gasteiger partial charge in [0.15, 0.2) is 10.5 Å². The van der Waals surface area contributed by atoms with E-state index in [0.717, 1.165) is 12.1 Å². The van der Waals surface area contributed by atoms with Crippen LogP contribution in [-0.4, -0.2) is 57.8 Å². The van der Waals surface area contributed by atoms with Crippen LogP contribution in [0.4, 0.5) is 11.4 Å². The summed E-state index contributed by atoms with van der Waals surface area (Å²) in [5.41, 5.74) is 0.209. The quantitative estimate of drug-likeness (QED) is 0.318. The molecule has 1 spiro atoms. The van der Waals surface area contributed by atoms with Gasteiger partial charge in [0, 0.05) is 44.4 Å². The normalized spacial score (nSPS) is 29.2. The Kier molecular flexibility index (Phi) is 4.60. The van der Waals surface area contributed by atoms with Crippen molar-refractivity contribution in [1.82, 2.24) is 9.80 Å². The molecule has 2 fully saturated rings. The molecule has 0 aromatic heterocycles.